The molecule has 0 aliphatic heterocycles. The summed E-state index contributed by atoms with van der Waals surface area (Å²) >= 11 is 3.12. The van der Waals surface area contributed by atoms with Gasteiger partial charge in [0, 0.05) is 31.5 Å². The fraction of sp³-hybridized carbons (Fsp3) is 0.176. The molecular formula is C17H15BN6OS2. The Labute approximate surface area is 165 Å². The number of carbonyl (C=O) groups excluding carboxylic acids is 1. The smallest absolute Gasteiger partial charge is 0.200 e. The van der Waals surface area contributed by atoms with Crippen LogP contribution in [0.3, 0.4) is 0 Å². The first-order chi connectivity index (χ1) is 13.1. The van der Waals surface area contributed by atoms with E-state index in [2.05, 4.69) is 15.4 Å². The van der Waals surface area contributed by atoms with E-state index in [0.717, 1.165) is 38.1 Å². The number of thiophene rings is 1. The number of aromatic nitrogens is 5. The topological polar surface area (TPSA) is 77.1 Å². The Balaban J connectivity index is 1.85. The van der Waals surface area contributed by atoms with Crippen LogP contribution in [0.1, 0.15) is 5.56 Å². The van der Waals surface area contributed by atoms with Crippen molar-refractivity contribution in [2.75, 3.05) is 6.26 Å². The van der Waals surface area contributed by atoms with Crippen LogP contribution in [0.25, 0.3) is 27.5 Å². The number of hydrogen-bond donors (Lipinski definition) is 1. The fourth-order valence-corrected chi connectivity index (χ4v) is 4.26. The van der Waals surface area contributed by atoms with E-state index in [9.17, 15) is 4.79 Å². The molecule has 0 atom stereocenters. The Morgan fingerprint density at radius 1 is 1.37 bits per heavy atom. The summed E-state index contributed by atoms with van der Waals surface area (Å²) in [4.78, 5) is 21.4. The zero-order valence-corrected chi connectivity index (χ0v) is 16.3. The lowest BCUT2D eigenvalue weighted by atomic mass is 10.1. The Bertz CT molecular complexity index is 1130. The maximum absolute atomic E-state index is 11.1. The van der Waals surface area contributed by atoms with Gasteiger partial charge < -0.3 is 5.32 Å². The van der Waals surface area contributed by atoms with Gasteiger partial charge in [-0.2, -0.15) is 5.10 Å². The summed E-state index contributed by atoms with van der Waals surface area (Å²) in [5.74, 6) is -0.547. The van der Waals surface area contributed by atoms with E-state index >= 15 is 0 Å². The molecule has 0 saturated carbocycles. The van der Waals surface area contributed by atoms with Crippen LogP contribution in [0.2, 0.25) is 0 Å². The number of amides is 1. The average molecular weight is 394 g/mol. The Kier molecular flexibility index (Phi) is 4.75. The molecule has 0 fully saturated rings. The number of thioether (sulfide) groups is 1. The highest BCUT2D eigenvalue weighted by Gasteiger charge is 2.16. The van der Waals surface area contributed by atoms with Gasteiger partial charge in [0.25, 0.3) is 0 Å². The first-order valence-electron chi connectivity index (χ1n) is 8.08. The molecule has 0 bridgehead atoms. The van der Waals surface area contributed by atoms with Crippen LogP contribution in [0.15, 0.2) is 41.3 Å². The summed E-state index contributed by atoms with van der Waals surface area (Å²) in [6, 6.07) is 1.97. The van der Waals surface area contributed by atoms with Gasteiger partial charge in [-0.3, -0.25) is 13.9 Å². The number of aryl methyl sites for hydroxylation is 1. The monoisotopic (exact) mass is 394 g/mol. The molecule has 27 heavy (non-hydrogen) atoms. The molecule has 10 heteroatoms. The van der Waals surface area contributed by atoms with Crippen molar-refractivity contribution in [3.8, 4) is 21.8 Å². The van der Waals surface area contributed by atoms with E-state index in [4.69, 9.17) is 12.8 Å². The molecule has 134 valence electrons. The van der Waals surface area contributed by atoms with Gasteiger partial charge in [-0.25, -0.2) is 9.97 Å². The first kappa shape index (κ1) is 17.8. The van der Waals surface area contributed by atoms with Crippen LogP contribution in [0, 0.1) is 0 Å². The van der Waals surface area contributed by atoms with Crippen LogP contribution in [0.4, 0.5) is 4.79 Å². The molecule has 1 N–H and O–H groups in total. The third kappa shape index (κ3) is 3.37. The molecule has 7 nitrogen and oxygen atoms in total. The summed E-state index contributed by atoms with van der Waals surface area (Å²) in [7, 11) is 7.09. The second-order valence-electron chi connectivity index (χ2n) is 5.87. The molecule has 2 radical (unpaired) electrons. The molecule has 1 amide bonds. The van der Waals surface area contributed by atoms with Crippen molar-refractivity contribution in [2.24, 2.45) is 7.05 Å². The van der Waals surface area contributed by atoms with Gasteiger partial charge in [-0.1, -0.05) is 0 Å². The highest BCUT2D eigenvalue weighted by molar-refractivity contribution is 7.98. The third-order valence-electron chi connectivity index (χ3n) is 4.09. The van der Waals surface area contributed by atoms with Crippen LogP contribution in [-0.2, 0) is 13.6 Å². The SMILES string of the molecule is [B]C(=O)NCc1ccsc1-c1cn2c(-c3cnn(C)c3)cnc2c(SC)n1. The normalized spacial score (nSPS) is 11.2. The van der Waals surface area contributed by atoms with Crippen molar-refractivity contribution < 1.29 is 4.79 Å². The fourth-order valence-electron chi connectivity index (χ4n) is 2.86. The summed E-state index contributed by atoms with van der Waals surface area (Å²) in [6.07, 6.45) is 9.56. The highest BCUT2D eigenvalue weighted by Crippen LogP contribution is 2.32. The Morgan fingerprint density at radius 2 is 2.22 bits per heavy atom. The first-order valence-corrected chi connectivity index (χ1v) is 10.2. The summed E-state index contributed by atoms with van der Waals surface area (Å²) in [6.45, 7) is 0.363. The number of carbonyl (C=O) groups is 1. The average Bonchev–Trinajstić information content (AvgIpc) is 3.37. The van der Waals surface area contributed by atoms with Gasteiger partial charge in [-0.05, 0) is 23.3 Å². The molecule has 4 rings (SSSR count). The standard InChI is InChI=1S/C17H15BN6OS2/c1-23-8-11(6-21-23)13-7-19-15-16(26-2)22-12(9-24(13)15)14-10(3-4-27-14)5-20-17(18)25/h3-4,6-9H,5H2,1-2H3,(H,20,25). The molecule has 0 unspecified atom stereocenters. The van der Waals surface area contributed by atoms with Gasteiger partial charge >= 0.3 is 0 Å². The van der Waals surface area contributed by atoms with Crippen molar-refractivity contribution in [1.29, 1.82) is 0 Å². The lowest BCUT2D eigenvalue weighted by Crippen LogP contribution is -2.20. The van der Waals surface area contributed by atoms with Gasteiger partial charge in [0.05, 0.1) is 28.7 Å². The van der Waals surface area contributed by atoms with E-state index in [1.807, 2.05) is 53.9 Å². The number of hydrogen-bond acceptors (Lipinski definition) is 6. The van der Waals surface area contributed by atoms with E-state index in [-0.39, 0.29) is 0 Å². The quantitative estimate of drug-likeness (QED) is 0.416. The number of imidazole rings is 1. The number of fused-ring (bicyclic) bond motifs is 1. The van der Waals surface area contributed by atoms with Crippen molar-refractivity contribution in [3.63, 3.8) is 0 Å². The zero-order valence-electron chi connectivity index (χ0n) is 14.7. The molecule has 4 aromatic rings. The predicted molar refractivity (Wildman–Crippen MR) is 108 cm³/mol. The summed E-state index contributed by atoms with van der Waals surface area (Å²) in [5, 5.41) is 9.71. The predicted octanol–water partition coefficient (Wildman–Crippen LogP) is 2.96. The van der Waals surface area contributed by atoms with E-state index in [1.165, 1.54) is 0 Å². The van der Waals surface area contributed by atoms with Crippen molar-refractivity contribution >= 4 is 42.4 Å². The Morgan fingerprint density at radius 3 is 2.93 bits per heavy atom. The number of nitrogens with one attached hydrogen (secondary N) is 1. The van der Waals surface area contributed by atoms with Crippen molar-refractivity contribution in [2.45, 2.75) is 11.6 Å². The number of rotatable bonds is 5. The molecular weight excluding hydrogens is 379 g/mol. The van der Waals surface area contributed by atoms with E-state index in [0.29, 0.717) is 6.54 Å². The van der Waals surface area contributed by atoms with Crippen LogP contribution >= 0.6 is 23.1 Å². The molecule has 0 aromatic carbocycles. The minimum Gasteiger partial charge on any atom is -0.362 e. The lowest BCUT2D eigenvalue weighted by molar-refractivity contribution is 0.259. The molecule has 0 aliphatic rings. The molecule has 0 saturated heterocycles. The van der Waals surface area contributed by atoms with Gasteiger partial charge in [0.1, 0.15) is 5.03 Å². The van der Waals surface area contributed by atoms with Crippen LogP contribution < -0.4 is 5.32 Å². The summed E-state index contributed by atoms with van der Waals surface area (Å²) < 4.78 is 3.80. The molecule has 0 spiro atoms. The Hall–Kier alpha value is -2.59. The molecule has 4 aromatic heterocycles. The van der Waals surface area contributed by atoms with E-state index in [1.54, 1.807) is 27.8 Å². The van der Waals surface area contributed by atoms with Crippen LogP contribution in [0.5, 0.6) is 0 Å². The number of nitrogens with zero attached hydrogens (tertiary/aromatic N) is 5. The van der Waals surface area contributed by atoms with E-state index < -0.39 is 5.81 Å². The molecule has 4 heterocycles. The van der Waals surface area contributed by atoms with Gasteiger partial charge in [-0.15, -0.1) is 23.1 Å². The van der Waals surface area contributed by atoms with Crippen LogP contribution in [-0.4, -0.2) is 44.1 Å². The zero-order chi connectivity index (χ0) is 19.0. The lowest BCUT2D eigenvalue weighted by Gasteiger charge is -2.09. The van der Waals surface area contributed by atoms with Crippen molar-refractivity contribution in [3.05, 3.63) is 41.8 Å². The highest BCUT2D eigenvalue weighted by atomic mass is 32.2. The maximum atomic E-state index is 11.1. The minimum absolute atomic E-state index is 0.363. The largest absolute Gasteiger partial charge is 0.362 e. The third-order valence-corrected chi connectivity index (χ3v) is 5.73. The maximum Gasteiger partial charge on any atom is 0.200 e. The second kappa shape index (κ2) is 7.20. The summed E-state index contributed by atoms with van der Waals surface area (Å²) in [5.41, 5.74) is 4.53. The second-order valence-corrected chi connectivity index (χ2v) is 7.58. The van der Waals surface area contributed by atoms with Gasteiger partial charge in [0.15, 0.2) is 11.5 Å². The molecule has 0 aliphatic carbocycles. The van der Waals surface area contributed by atoms with Gasteiger partial charge in [0.2, 0.25) is 7.85 Å². The van der Waals surface area contributed by atoms with Crippen molar-refractivity contribution in [1.82, 2.24) is 29.5 Å². The minimum atomic E-state index is -0.547.